The molecule has 1 saturated heterocycles. The number of hydrogen-bond acceptors (Lipinski definition) is 7. The predicted molar refractivity (Wildman–Crippen MR) is 135 cm³/mol. The molecule has 0 radical (unpaired) electrons. The average molecular weight is 486 g/mol. The third-order valence-electron chi connectivity index (χ3n) is 5.38. The number of thioether (sulfide) groups is 1. The van der Waals surface area contributed by atoms with E-state index in [-0.39, 0.29) is 18.2 Å². The number of amides is 2. The lowest BCUT2D eigenvalue weighted by Gasteiger charge is -2.16. The first-order chi connectivity index (χ1) is 16.4. The van der Waals surface area contributed by atoms with Crippen LogP contribution in [-0.2, 0) is 14.3 Å². The van der Waals surface area contributed by atoms with Crippen LogP contribution in [-0.4, -0.2) is 61.6 Å². The number of carbonyl (C=O) groups is 2. The summed E-state index contributed by atoms with van der Waals surface area (Å²) in [5, 5.41) is 2.83. The highest BCUT2D eigenvalue weighted by Crippen LogP contribution is 2.33. The Kier molecular flexibility index (Phi) is 8.95. The summed E-state index contributed by atoms with van der Waals surface area (Å²) in [6.07, 6.45) is 0.00741. The summed E-state index contributed by atoms with van der Waals surface area (Å²) in [4.78, 5) is 32.2. The molecule has 0 aliphatic carbocycles. The predicted octanol–water partition coefficient (Wildman–Crippen LogP) is 4.43. The molecule has 9 heteroatoms. The first-order valence-electron chi connectivity index (χ1n) is 11.0. The first-order valence-corrected chi connectivity index (χ1v) is 11.9. The molecule has 1 heterocycles. The van der Waals surface area contributed by atoms with E-state index in [1.54, 1.807) is 37.3 Å². The van der Waals surface area contributed by atoms with E-state index in [9.17, 15) is 9.59 Å². The van der Waals surface area contributed by atoms with E-state index in [2.05, 4.69) is 19.2 Å². The van der Waals surface area contributed by atoms with Crippen LogP contribution in [0.25, 0.3) is 0 Å². The largest absolute Gasteiger partial charge is 0.497 e. The molecule has 1 fully saturated rings. The minimum absolute atomic E-state index is 0.00741. The zero-order valence-corrected chi connectivity index (χ0v) is 21.0. The normalized spacial score (nSPS) is 16.9. The molecule has 1 atom stereocenters. The number of hydrogen-bond donors (Lipinski definition) is 1. The van der Waals surface area contributed by atoms with E-state index in [1.807, 2.05) is 24.3 Å². The number of carbonyl (C=O) groups excluding carboxylic acids is 2. The summed E-state index contributed by atoms with van der Waals surface area (Å²) in [5.41, 5.74) is 2.49. The number of anilines is 1. The van der Waals surface area contributed by atoms with Gasteiger partial charge in [0.05, 0.1) is 38.7 Å². The third-order valence-corrected chi connectivity index (χ3v) is 6.55. The molecular weight excluding hydrogens is 454 g/mol. The lowest BCUT2D eigenvalue weighted by atomic mass is 10.0. The monoisotopic (exact) mass is 485 g/mol. The van der Waals surface area contributed by atoms with Crippen LogP contribution in [0.15, 0.2) is 47.5 Å². The third kappa shape index (κ3) is 6.30. The second-order valence-electron chi connectivity index (χ2n) is 8.05. The van der Waals surface area contributed by atoms with Crippen molar-refractivity contribution >= 4 is 40.1 Å². The highest BCUT2D eigenvalue weighted by molar-refractivity contribution is 8.15. The highest BCUT2D eigenvalue weighted by atomic mass is 32.2. The minimum atomic E-state index is -0.574. The number of nitrogens with zero attached hydrogens (tertiary/aromatic N) is 2. The zero-order valence-electron chi connectivity index (χ0n) is 20.2. The number of methoxy groups -OCH3 is 3. The fourth-order valence-corrected chi connectivity index (χ4v) is 4.61. The second-order valence-corrected chi connectivity index (χ2v) is 9.22. The van der Waals surface area contributed by atoms with Gasteiger partial charge in [-0.15, -0.1) is 0 Å². The first kappa shape index (κ1) is 25.6. The van der Waals surface area contributed by atoms with Crippen molar-refractivity contribution in [2.75, 3.05) is 39.8 Å². The number of amidine groups is 1. The van der Waals surface area contributed by atoms with Crippen LogP contribution < -0.4 is 14.8 Å². The van der Waals surface area contributed by atoms with Crippen molar-refractivity contribution in [3.63, 3.8) is 0 Å². The van der Waals surface area contributed by atoms with Gasteiger partial charge in [0, 0.05) is 19.6 Å². The van der Waals surface area contributed by atoms with Crippen LogP contribution in [0.5, 0.6) is 11.5 Å². The Labute approximate surface area is 204 Å². The topological polar surface area (TPSA) is 89.5 Å². The fraction of sp³-hybridized carbons (Fsp3) is 0.400. The van der Waals surface area contributed by atoms with Crippen molar-refractivity contribution < 1.29 is 23.8 Å². The van der Waals surface area contributed by atoms with Crippen molar-refractivity contribution in [2.24, 2.45) is 4.99 Å². The van der Waals surface area contributed by atoms with E-state index in [0.29, 0.717) is 41.4 Å². The number of benzene rings is 2. The maximum absolute atomic E-state index is 13.1. The molecule has 34 heavy (non-hydrogen) atoms. The van der Waals surface area contributed by atoms with Crippen LogP contribution in [0.4, 0.5) is 11.4 Å². The van der Waals surface area contributed by atoms with Gasteiger partial charge in [0.1, 0.15) is 16.7 Å². The molecular formula is C25H31N3O5S. The molecule has 1 aliphatic heterocycles. The van der Waals surface area contributed by atoms with Crippen molar-refractivity contribution in [2.45, 2.75) is 31.4 Å². The second kappa shape index (κ2) is 11.9. The van der Waals surface area contributed by atoms with Gasteiger partial charge in [-0.05, 0) is 35.7 Å². The van der Waals surface area contributed by atoms with Crippen LogP contribution in [0.2, 0.25) is 0 Å². The van der Waals surface area contributed by atoms with E-state index in [4.69, 9.17) is 19.2 Å². The van der Waals surface area contributed by atoms with Crippen LogP contribution in [0, 0.1) is 0 Å². The molecule has 0 spiro atoms. The van der Waals surface area contributed by atoms with Crippen molar-refractivity contribution in [3.8, 4) is 11.5 Å². The summed E-state index contributed by atoms with van der Waals surface area (Å²) >= 11 is 1.30. The maximum Gasteiger partial charge on any atom is 0.242 e. The number of ether oxygens (including phenoxy) is 3. The van der Waals surface area contributed by atoms with Gasteiger partial charge >= 0.3 is 0 Å². The summed E-state index contributed by atoms with van der Waals surface area (Å²) in [5.74, 6) is 1.08. The number of aliphatic imine (C=N–C) groups is 1. The summed E-state index contributed by atoms with van der Waals surface area (Å²) in [6.45, 7) is 5.02. The van der Waals surface area contributed by atoms with Gasteiger partial charge in [-0.25, -0.2) is 4.99 Å². The van der Waals surface area contributed by atoms with Gasteiger partial charge in [-0.1, -0.05) is 37.7 Å². The molecule has 182 valence electrons. The SMILES string of the molecule is COCCN1C(=O)C(CC(=O)Nc2ccc(OC)cc2OC)SC1=Nc1ccc(C(C)C)cc1. The molecule has 8 nitrogen and oxygen atoms in total. The molecule has 1 N–H and O–H groups in total. The lowest BCUT2D eigenvalue weighted by molar-refractivity contribution is -0.128. The van der Waals surface area contributed by atoms with Gasteiger partial charge in [0.2, 0.25) is 11.8 Å². The van der Waals surface area contributed by atoms with Crippen molar-refractivity contribution in [1.82, 2.24) is 4.90 Å². The summed E-state index contributed by atoms with van der Waals surface area (Å²) < 4.78 is 15.7. The molecule has 1 aliphatic rings. The van der Waals surface area contributed by atoms with Crippen LogP contribution >= 0.6 is 11.8 Å². The van der Waals surface area contributed by atoms with Crippen molar-refractivity contribution in [1.29, 1.82) is 0 Å². The van der Waals surface area contributed by atoms with E-state index >= 15 is 0 Å². The smallest absolute Gasteiger partial charge is 0.242 e. The van der Waals surface area contributed by atoms with Gasteiger partial charge in [-0.3, -0.25) is 14.5 Å². The average Bonchev–Trinajstić information content (AvgIpc) is 3.11. The molecule has 3 rings (SSSR count). The van der Waals surface area contributed by atoms with E-state index < -0.39 is 5.25 Å². The summed E-state index contributed by atoms with van der Waals surface area (Å²) in [7, 11) is 4.66. The lowest BCUT2D eigenvalue weighted by Crippen LogP contribution is -2.35. The Morgan fingerprint density at radius 2 is 1.85 bits per heavy atom. The minimum Gasteiger partial charge on any atom is -0.497 e. The standard InChI is InChI=1S/C25H31N3O5S/c1-16(2)17-6-8-18(9-7-17)26-25-28(12-13-31-3)24(30)22(34-25)15-23(29)27-20-11-10-19(32-4)14-21(20)33-5/h6-11,14,16,22H,12-13,15H2,1-5H3,(H,27,29). The molecule has 0 bridgehead atoms. The summed E-state index contributed by atoms with van der Waals surface area (Å²) in [6, 6.07) is 13.1. The molecule has 0 aromatic heterocycles. The Bertz CT molecular complexity index is 1040. The van der Waals surface area contributed by atoms with Crippen molar-refractivity contribution in [3.05, 3.63) is 48.0 Å². The highest BCUT2D eigenvalue weighted by Gasteiger charge is 2.39. The van der Waals surface area contributed by atoms with E-state index in [0.717, 1.165) is 5.69 Å². The quantitative estimate of drug-likeness (QED) is 0.535. The molecule has 2 aromatic rings. The molecule has 0 saturated carbocycles. The van der Waals surface area contributed by atoms with Gasteiger partial charge in [-0.2, -0.15) is 0 Å². The molecule has 2 amide bonds. The Balaban J connectivity index is 1.74. The van der Waals surface area contributed by atoms with E-state index in [1.165, 1.54) is 24.4 Å². The Hall–Kier alpha value is -3.04. The number of nitrogens with one attached hydrogen (secondary N) is 1. The zero-order chi connectivity index (χ0) is 24.7. The maximum atomic E-state index is 13.1. The van der Waals surface area contributed by atoms with Crippen LogP contribution in [0.1, 0.15) is 31.7 Å². The Morgan fingerprint density at radius 1 is 1.12 bits per heavy atom. The van der Waals surface area contributed by atoms with Crippen LogP contribution in [0.3, 0.4) is 0 Å². The Morgan fingerprint density at radius 3 is 2.47 bits per heavy atom. The van der Waals surface area contributed by atoms with Gasteiger partial charge in [0.25, 0.3) is 0 Å². The fourth-order valence-electron chi connectivity index (χ4n) is 3.43. The number of rotatable bonds is 10. The molecule has 1 unspecified atom stereocenters. The molecule has 2 aromatic carbocycles. The van der Waals surface area contributed by atoms with Gasteiger partial charge < -0.3 is 19.5 Å². The van der Waals surface area contributed by atoms with Gasteiger partial charge in [0.15, 0.2) is 5.17 Å².